The lowest BCUT2D eigenvalue weighted by Crippen LogP contribution is -2.23. The van der Waals surface area contributed by atoms with E-state index < -0.39 is 0 Å². The third-order valence-electron chi connectivity index (χ3n) is 3.89. The number of nitrogens with zero attached hydrogens (tertiary/aromatic N) is 4. The van der Waals surface area contributed by atoms with Gasteiger partial charge in [0.05, 0.1) is 11.9 Å². The Morgan fingerprint density at radius 2 is 2.14 bits per heavy atom. The van der Waals surface area contributed by atoms with Crippen molar-refractivity contribution in [2.45, 2.75) is 53.1 Å². The molecule has 6 heteroatoms. The highest BCUT2D eigenvalue weighted by Crippen LogP contribution is 2.13. The lowest BCUT2D eigenvalue weighted by Gasteiger charge is -2.04. The standard InChI is InChI=1S/C16H25N5O/c1-5-8-21-11-14(10-18-21)9-17-16(22)7-6-15-12(2)19-20(4)13(15)3/h10-11H,5-9H2,1-4H3,(H,17,22). The summed E-state index contributed by atoms with van der Waals surface area (Å²) in [6.45, 7) is 7.59. The van der Waals surface area contributed by atoms with E-state index >= 15 is 0 Å². The average molecular weight is 303 g/mol. The van der Waals surface area contributed by atoms with Crippen LogP contribution in [0.4, 0.5) is 0 Å². The summed E-state index contributed by atoms with van der Waals surface area (Å²) in [5.74, 6) is 0.0610. The first-order valence-electron chi connectivity index (χ1n) is 7.78. The molecule has 0 fully saturated rings. The highest BCUT2D eigenvalue weighted by molar-refractivity contribution is 5.76. The molecule has 0 saturated carbocycles. The first kappa shape index (κ1) is 16.3. The summed E-state index contributed by atoms with van der Waals surface area (Å²) in [5, 5.41) is 11.6. The molecule has 22 heavy (non-hydrogen) atoms. The summed E-state index contributed by atoms with van der Waals surface area (Å²) in [7, 11) is 1.93. The molecule has 6 nitrogen and oxygen atoms in total. The van der Waals surface area contributed by atoms with Gasteiger partial charge in [-0.2, -0.15) is 10.2 Å². The molecular weight excluding hydrogens is 278 g/mol. The fraction of sp³-hybridized carbons (Fsp3) is 0.562. The molecule has 120 valence electrons. The Hall–Kier alpha value is -2.11. The zero-order valence-electron chi connectivity index (χ0n) is 13.9. The maximum Gasteiger partial charge on any atom is 0.220 e. The van der Waals surface area contributed by atoms with Crippen molar-refractivity contribution in [3.05, 3.63) is 34.9 Å². The van der Waals surface area contributed by atoms with Crippen molar-refractivity contribution in [1.82, 2.24) is 24.9 Å². The minimum atomic E-state index is 0.0610. The molecule has 2 aromatic heterocycles. The quantitative estimate of drug-likeness (QED) is 0.849. The molecule has 2 rings (SSSR count). The zero-order valence-corrected chi connectivity index (χ0v) is 13.9. The van der Waals surface area contributed by atoms with Gasteiger partial charge in [-0.05, 0) is 32.3 Å². The van der Waals surface area contributed by atoms with Gasteiger partial charge in [0.25, 0.3) is 0 Å². The van der Waals surface area contributed by atoms with Crippen molar-refractivity contribution in [3.63, 3.8) is 0 Å². The number of hydrogen-bond acceptors (Lipinski definition) is 3. The van der Waals surface area contributed by atoms with Gasteiger partial charge in [0.2, 0.25) is 5.91 Å². The Labute approximate surface area is 131 Å². The van der Waals surface area contributed by atoms with Crippen molar-refractivity contribution in [1.29, 1.82) is 0 Å². The van der Waals surface area contributed by atoms with E-state index in [4.69, 9.17) is 0 Å². The number of hydrogen-bond donors (Lipinski definition) is 1. The van der Waals surface area contributed by atoms with Crippen LogP contribution >= 0.6 is 0 Å². The van der Waals surface area contributed by atoms with E-state index in [1.165, 1.54) is 5.56 Å². The molecule has 1 N–H and O–H groups in total. The Morgan fingerprint density at radius 1 is 1.36 bits per heavy atom. The normalized spacial score (nSPS) is 10.9. The monoisotopic (exact) mass is 303 g/mol. The van der Waals surface area contributed by atoms with Crippen LogP contribution in [0.3, 0.4) is 0 Å². The number of aromatic nitrogens is 4. The van der Waals surface area contributed by atoms with Gasteiger partial charge < -0.3 is 5.32 Å². The van der Waals surface area contributed by atoms with Crippen LogP contribution in [0.5, 0.6) is 0 Å². The maximum atomic E-state index is 12.0. The second-order valence-electron chi connectivity index (χ2n) is 5.66. The van der Waals surface area contributed by atoms with Gasteiger partial charge in [0.15, 0.2) is 0 Å². The van der Waals surface area contributed by atoms with Gasteiger partial charge in [-0.25, -0.2) is 0 Å². The summed E-state index contributed by atoms with van der Waals surface area (Å²) in [6, 6.07) is 0. The summed E-state index contributed by atoms with van der Waals surface area (Å²) < 4.78 is 3.77. The molecule has 0 aliphatic heterocycles. The molecule has 1 amide bonds. The molecule has 0 radical (unpaired) electrons. The zero-order chi connectivity index (χ0) is 16.1. The summed E-state index contributed by atoms with van der Waals surface area (Å²) in [5.41, 5.74) is 4.35. The van der Waals surface area contributed by atoms with E-state index in [0.29, 0.717) is 13.0 Å². The van der Waals surface area contributed by atoms with Gasteiger partial charge in [0, 0.05) is 44.0 Å². The molecule has 0 atom stereocenters. The molecular formula is C16H25N5O. The number of nitrogens with one attached hydrogen (secondary N) is 1. The Bertz CT molecular complexity index is 641. The van der Waals surface area contributed by atoms with Crippen LogP contribution < -0.4 is 5.32 Å². The summed E-state index contributed by atoms with van der Waals surface area (Å²) in [6.07, 6.45) is 6.06. The van der Waals surface area contributed by atoms with Crippen LogP contribution in [0.25, 0.3) is 0 Å². The molecule has 0 bridgehead atoms. The van der Waals surface area contributed by atoms with Crippen LogP contribution in [-0.2, 0) is 31.4 Å². The van der Waals surface area contributed by atoms with Crippen molar-refractivity contribution >= 4 is 5.91 Å². The molecule has 0 saturated heterocycles. The van der Waals surface area contributed by atoms with E-state index in [1.54, 1.807) is 0 Å². The topological polar surface area (TPSA) is 64.7 Å². The first-order chi connectivity index (χ1) is 10.5. The van der Waals surface area contributed by atoms with E-state index in [1.807, 2.05) is 42.7 Å². The highest BCUT2D eigenvalue weighted by Gasteiger charge is 2.11. The van der Waals surface area contributed by atoms with E-state index in [-0.39, 0.29) is 5.91 Å². The molecule has 0 aliphatic carbocycles. The van der Waals surface area contributed by atoms with Gasteiger partial charge in [-0.1, -0.05) is 6.92 Å². The van der Waals surface area contributed by atoms with E-state index in [9.17, 15) is 4.79 Å². The maximum absolute atomic E-state index is 12.0. The average Bonchev–Trinajstić information content (AvgIpc) is 3.01. The fourth-order valence-electron chi connectivity index (χ4n) is 2.56. The van der Waals surface area contributed by atoms with Crippen molar-refractivity contribution in [2.24, 2.45) is 7.05 Å². The smallest absolute Gasteiger partial charge is 0.220 e. The lowest BCUT2D eigenvalue weighted by atomic mass is 10.1. The fourth-order valence-corrected chi connectivity index (χ4v) is 2.56. The number of carbonyl (C=O) groups excluding carboxylic acids is 1. The first-order valence-corrected chi connectivity index (χ1v) is 7.78. The van der Waals surface area contributed by atoms with Crippen molar-refractivity contribution in [3.8, 4) is 0 Å². The van der Waals surface area contributed by atoms with E-state index in [2.05, 4.69) is 22.4 Å². The molecule has 0 aliphatic rings. The second kappa shape index (κ2) is 7.24. The van der Waals surface area contributed by atoms with Crippen molar-refractivity contribution < 1.29 is 4.79 Å². The largest absolute Gasteiger partial charge is 0.352 e. The Kier molecular flexibility index (Phi) is 5.35. The number of amides is 1. The summed E-state index contributed by atoms with van der Waals surface area (Å²) >= 11 is 0. The third-order valence-corrected chi connectivity index (χ3v) is 3.89. The molecule has 0 spiro atoms. The number of rotatable bonds is 7. The lowest BCUT2D eigenvalue weighted by molar-refractivity contribution is -0.121. The van der Waals surface area contributed by atoms with Gasteiger partial charge in [0.1, 0.15) is 0 Å². The number of aryl methyl sites for hydroxylation is 3. The van der Waals surface area contributed by atoms with Gasteiger partial charge in [-0.3, -0.25) is 14.2 Å². The highest BCUT2D eigenvalue weighted by atomic mass is 16.1. The van der Waals surface area contributed by atoms with Crippen LogP contribution in [-0.4, -0.2) is 25.5 Å². The third kappa shape index (κ3) is 3.96. The molecule has 0 unspecified atom stereocenters. The van der Waals surface area contributed by atoms with E-state index in [0.717, 1.165) is 36.3 Å². The second-order valence-corrected chi connectivity index (χ2v) is 5.66. The number of carbonyl (C=O) groups is 1. The van der Waals surface area contributed by atoms with Crippen molar-refractivity contribution in [2.75, 3.05) is 0 Å². The SMILES string of the molecule is CCCn1cc(CNC(=O)CCc2c(C)nn(C)c2C)cn1. The molecule has 0 aromatic carbocycles. The van der Waals surface area contributed by atoms with Gasteiger partial charge in [-0.15, -0.1) is 0 Å². The molecule has 2 aromatic rings. The molecule has 2 heterocycles. The Morgan fingerprint density at radius 3 is 2.77 bits per heavy atom. The minimum absolute atomic E-state index is 0.0610. The predicted octanol–water partition coefficient (Wildman–Crippen LogP) is 1.89. The van der Waals surface area contributed by atoms with Gasteiger partial charge >= 0.3 is 0 Å². The Balaban J connectivity index is 1.80. The van der Waals surface area contributed by atoms with Crippen LogP contribution in [0, 0.1) is 13.8 Å². The van der Waals surface area contributed by atoms with Crippen LogP contribution in [0.2, 0.25) is 0 Å². The minimum Gasteiger partial charge on any atom is -0.352 e. The van der Waals surface area contributed by atoms with Crippen LogP contribution in [0.1, 0.15) is 42.3 Å². The predicted molar refractivity (Wildman–Crippen MR) is 85.4 cm³/mol. The summed E-state index contributed by atoms with van der Waals surface area (Å²) in [4.78, 5) is 12.0. The van der Waals surface area contributed by atoms with Crippen LogP contribution in [0.15, 0.2) is 12.4 Å².